The molecule has 2 atom stereocenters. The van der Waals surface area contributed by atoms with Crippen molar-refractivity contribution in [2.24, 2.45) is 5.92 Å². The second-order valence-corrected chi connectivity index (χ2v) is 4.91. The van der Waals surface area contributed by atoms with Gasteiger partial charge in [0.1, 0.15) is 12.2 Å². The summed E-state index contributed by atoms with van der Waals surface area (Å²) >= 11 is 0. The van der Waals surface area contributed by atoms with E-state index in [4.69, 9.17) is 14.2 Å². The lowest BCUT2D eigenvalue weighted by atomic mass is 9.90. The first-order chi connectivity index (χ1) is 7.90. The number of hydrogen-bond donors (Lipinski definition) is 0. The molecule has 1 unspecified atom stereocenters. The van der Waals surface area contributed by atoms with Crippen LogP contribution in [0.25, 0.3) is 0 Å². The smallest absolute Gasteiger partial charge is 0.109 e. The van der Waals surface area contributed by atoms with Gasteiger partial charge in [0.2, 0.25) is 0 Å². The summed E-state index contributed by atoms with van der Waals surface area (Å²) in [6, 6.07) is 0. The highest BCUT2D eigenvalue weighted by molar-refractivity contribution is 4.77. The van der Waals surface area contributed by atoms with E-state index in [9.17, 15) is 0 Å². The molecule has 0 aromatic rings. The van der Waals surface area contributed by atoms with Crippen LogP contribution in [0.3, 0.4) is 0 Å². The third-order valence-electron chi connectivity index (χ3n) is 3.63. The molecule has 16 heavy (non-hydrogen) atoms. The second kappa shape index (κ2) is 6.58. The van der Waals surface area contributed by atoms with Crippen molar-refractivity contribution < 1.29 is 14.2 Å². The molecule has 1 saturated heterocycles. The zero-order valence-electron chi connectivity index (χ0n) is 10.3. The SMILES string of the molecule is CCO[C@H]1COCC1OCC1CCCCC1. The van der Waals surface area contributed by atoms with Crippen LogP contribution in [0, 0.1) is 5.92 Å². The molecule has 0 bridgehead atoms. The van der Waals surface area contributed by atoms with Crippen LogP contribution in [0.1, 0.15) is 39.0 Å². The fourth-order valence-electron chi connectivity index (χ4n) is 2.65. The molecule has 0 aromatic heterocycles. The van der Waals surface area contributed by atoms with Crippen LogP contribution in [0.2, 0.25) is 0 Å². The zero-order chi connectivity index (χ0) is 11.2. The van der Waals surface area contributed by atoms with Crippen LogP contribution in [-0.2, 0) is 14.2 Å². The fourth-order valence-corrected chi connectivity index (χ4v) is 2.65. The molecule has 3 nitrogen and oxygen atoms in total. The molecule has 1 aliphatic carbocycles. The van der Waals surface area contributed by atoms with Gasteiger partial charge in [-0.1, -0.05) is 19.3 Å². The predicted octanol–water partition coefficient (Wildman–Crippen LogP) is 2.39. The normalized spacial score (nSPS) is 32.1. The summed E-state index contributed by atoms with van der Waals surface area (Å²) in [4.78, 5) is 0. The van der Waals surface area contributed by atoms with Gasteiger partial charge in [-0.15, -0.1) is 0 Å². The summed E-state index contributed by atoms with van der Waals surface area (Å²) < 4.78 is 17.0. The van der Waals surface area contributed by atoms with Crippen molar-refractivity contribution in [3.8, 4) is 0 Å². The third-order valence-corrected chi connectivity index (χ3v) is 3.63. The third kappa shape index (κ3) is 3.44. The minimum absolute atomic E-state index is 0.161. The maximum atomic E-state index is 5.96. The lowest BCUT2D eigenvalue weighted by molar-refractivity contribution is -0.0555. The van der Waals surface area contributed by atoms with Gasteiger partial charge in [0.15, 0.2) is 0 Å². The number of ether oxygens (including phenoxy) is 3. The van der Waals surface area contributed by atoms with Crippen molar-refractivity contribution in [1.82, 2.24) is 0 Å². The van der Waals surface area contributed by atoms with E-state index < -0.39 is 0 Å². The Hall–Kier alpha value is -0.120. The van der Waals surface area contributed by atoms with Crippen LogP contribution in [-0.4, -0.2) is 38.6 Å². The molecule has 3 heteroatoms. The summed E-state index contributed by atoms with van der Waals surface area (Å²) in [6.45, 7) is 5.08. The molecule has 0 N–H and O–H groups in total. The number of hydrogen-bond acceptors (Lipinski definition) is 3. The van der Waals surface area contributed by atoms with E-state index in [-0.39, 0.29) is 12.2 Å². The molecule has 94 valence electrons. The summed E-state index contributed by atoms with van der Waals surface area (Å²) in [5.74, 6) is 0.775. The van der Waals surface area contributed by atoms with Gasteiger partial charge in [-0.2, -0.15) is 0 Å². The molecular weight excluding hydrogens is 204 g/mol. The van der Waals surface area contributed by atoms with E-state index in [0.717, 1.165) is 19.1 Å². The van der Waals surface area contributed by atoms with Crippen molar-refractivity contribution in [1.29, 1.82) is 0 Å². The van der Waals surface area contributed by atoms with Crippen molar-refractivity contribution in [3.63, 3.8) is 0 Å². The Morgan fingerprint density at radius 2 is 1.69 bits per heavy atom. The summed E-state index contributed by atoms with van der Waals surface area (Å²) in [5, 5.41) is 0. The van der Waals surface area contributed by atoms with Crippen LogP contribution in [0.4, 0.5) is 0 Å². The first-order valence-corrected chi connectivity index (χ1v) is 6.71. The first-order valence-electron chi connectivity index (χ1n) is 6.71. The highest BCUT2D eigenvalue weighted by atomic mass is 16.6. The van der Waals surface area contributed by atoms with E-state index in [2.05, 4.69) is 0 Å². The molecule has 2 fully saturated rings. The number of rotatable bonds is 5. The quantitative estimate of drug-likeness (QED) is 0.723. The average Bonchev–Trinajstić information content (AvgIpc) is 2.76. The van der Waals surface area contributed by atoms with Gasteiger partial charge >= 0.3 is 0 Å². The minimum Gasteiger partial charge on any atom is -0.376 e. The highest BCUT2D eigenvalue weighted by Gasteiger charge is 2.30. The van der Waals surface area contributed by atoms with Gasteiger partial charge in [-0.05, 0) is 25.7 Å². The monoisotopic (exact) mass is 228 g/mol. The van der Waals surface area contributed by atoms with Gasteiger partial charge in [-0.25, -0.2) is 0 Å². The predicted molar refractivity (Wildman–Crippen MR) is 62.5 cm³/mol. The van der Waals surface area contributed by atoms with Crippen LogP contribution < -0.4 is 0 Å². The molecular formula is C13H24O3. The van der Waals surface area contributed by atoms with Gasteiger partial charge in [0, 0.05) is 6.61 Å². The summed E-state index contributed by atoms with van der Waals surface area (Å²) in [7, 11) is 0. The topological polar surface area (TPSA) is 27.7 Å². The lowest BCUT2D eigenvalue weighted by Crippen LogP contribution is -2.32. The minimum atomic E-state index is 0.161. The average molecular weight is 228 g/mol. The van der Waals surface area contributed by atoms with E-state index in [1.165, 1.54) is 32.1 Å². The van der Waals surface area contributed by atoms with E-state index in [0.29, 0.717) is 13.2 Å². The Balaban J connectivity index is 1.67. The molecule has 1 saturated carbocycles. The molecule has 0 radical (unpaired) electrons. The Morgan fingerprint density at radius 3 is 2.38 bits per heavy atom. The Labute approximate surface area is 98.4 Å². The van der Waals surface area contributed by atoms with E-state index in [1.54, 1.807) is 0 Å². The molecule has 1 aliphatic heterocycles. The van der Waals surface area contributed by atoms with Gasteiger partial charge in [-0.3, -0.25) is 0 Å². The second-order valence-electron chi connectivity index (χ2n) is 4.91. The lowest BCUT2D eigenvalue weighted by Gasteiger charge is -2.24. The Kier molecular flexibility index (Phi) is 5.07. The van der Waals surface area contributed by atoms with Crippen molar-refractivity contribution in [2.75, 3.05) is 26.4 Å². The van der Waals surface area contributed by atoms with Gasteiger partial charge in [0.25, 0.3) is 0 Å². The fraction of sp³-hybridized carbons (Fsp3) is 1.00. The van der Waals surface area contributed by atoms with E-state index in [1.807, 2.05) is 6.92 Å². The Morgan fingerprint density at radius 1 is 1.00 bits per heavy atom. The van der Waals surface area contributed by atoms with Crippen LogP contribution in [0.15, 0.2) is 0 Å². The molecule has 0 amide bonds. The maximum Gasteiger partial charge on any atom is 0.109 e. The molecule has 0 aromatic carbocycles. The van der Waals surface area contributed by atoms with Crippen LogP contribution >= 0.6 is 0 Å². The molecule has 2 rings (SSSR count). The summed E-state index contributed by atoms with van der Waals surface area (Å²) in [6.07, 6.45) is 7.17. The molecule has 2 aliphatic rings. The van der Waals surface area contributed by atoms with Crippen LogP contribution in [0.5, 0.6) is 0 Å². The molecule has 1 heterocycles. The Bertz CT molecular complexity index is 190. The standard InChI is InChI=1S/C13H24O3/c1-2-15-12-9-14-10-13(12)16-8-11-6-4-3-5-7-11/h11-13H,2-10H2,1H3/t12-,13?/m0/s1. The zero-order valence-corrected chi connectivity index (χ0v) is 10.3. The van der Waals surface area contributed by atoms with Gasteiger partial charge in [0.05, 0.1) is 19.8 Å². The van der Waals surface area contributed by atoms with Gasteiger partial charge < -0.3 is 14.2 Å². The molecule has 0 spiro atoms. The first kappa shape index (κ1) is 12.3. The summed E-state index contributed by atoms with van der Waals surface area (Å²) in [5.41, 5.74) is 0. The van der Waals surface area contributed by atoms with Crippen molar-refractivity contribution in [3.05, 3.63) is 0 Å². The van der Waals surface area contributed by atoms with Crippen molar-refractivity contribution in [2.45, 2.75) is 51.2 Å². The van der Waals surface area contributed by atoms with Crippen molar-refractivity contribution >= 4 is 0 Å². The largest absolute Gasteiger partial charge is 0.376 e. The maximum absolute atomic E-state index is 5.96. The van der Waals surface area contributed by atoms with E-state index >= 15 is 0 Å². The highest BCUT2D eigenvalue weighted by Crippen LogP contribution is 2.25.